The van der Waals surface area contributed by atoms with E-state index in [4.69, 9.17) is 28.4 Å². The number of rotatable bonds is 49. The Hall–Kier alpha value is -1.21. The van der Waals surface area contributed by atoms with Crippen LogP contribution in [0, 0.1) is 0 Å². The lowest BCUT2D eigenvalue weighted by molar-refractivity contribution is -0.379. The number of carbonyl (C=O) groups excluding carboxylic acids is 1. The summed E-state index contributed by atoms with van der Waals surface area (Å²) in [6.45, 7) is 1.81. The number of aliphatic hydroxyl groups is 11. The fourth-order valence-electron chi connectivity index (χ4n) is 11.4. The molecule has 17 atom stereocenters. The van der Waals surface area contributed by atoms with Crippen LogP contribution in [0.4, 0.5) is 0 Å². The van der Waals surface area contributed by atoms with Crippen molar-refractivity contribution in [3.8, 4) is 0 Å². The van der Waals surface area contributed by atoms with Gasteiger partial charge in [0.1, 0.15) is 73.2 Å². The first-order chi connectivity index (χ1) is 38.8. The highest BCUT2D eigenvalue weighted by atomic mass is 16.8. The van der Waals surface area contributed by atoms with Gasteiger partial charge in [-0.2, -0.15) is 0 Å². The fraction of sp³-hybridized carbons (Fsp3) is 0.984. The molecule has 474 valence electrons. The molecule has 3 rings (SSSR count). The maximum atomic E-state index is 13.3. The van der Waals surface area contributed by atoms with E-state index in [2.05, 4.69) is 19.2 Å². The summed E-state index contributed by atoms with van der Waals surface area (Å²) in [5, 5.41) is 120. The highest BCUT2D eigenvalue weighted by Crippen LogP contribution is 2.33. The molecule has 0 radical (unpaired) electrons. The summed E-state index contributed by atoms with van der Waals surface area (Å²) in [6, 6.07) is -0.880. The van der Waals surface area contributed by atoms with Crippen LogP contribution in [0.3, 0.4) is 0 Å². The number of ether oxygens (including phenoxy) is 6. The average molecular weight is 1150 g/mol. The van der Waals surface area contributed by atoms with Crippen molar-refractivity contribution in [1.82, 2.24) is 5.32 Å². The number of hydrogen-bond acceptors (Lipinski definition) is 18. The van der Waals surface area contributed by atoms with Crippen LogP contribution >= 0.6 is 0 Å². The first-order valence-corrected chi connectivity index (χ1v) is 32.3. The molecule has 3 heterocycles. The molecule has 3 aliphatic rings. The van der Waals surface area contributed by atoms with Crippen molar-refractivity contribution in [3.05, 3.63) is 0 Å². The second kappa shape index (κ2) is 45.2. The van der Waals surface area contributed by atoms with Crippen LogP contribution in [0.15, 0.2) is 0 Å². The van der Waals surface area contributed by atoms with Crippen LogP contribution in [0.1, 0.15) is 251 Å². The Bertz CT molecular complexity index is 1470. The van der Waals surface area contributed by atoms with Crippen molar-refractivity contribution in [1.29, 1.82) is 0 Å². The summed E-state index contributed by atoms with van der Waals surface area (Å²) in [7, 11) is 0. The van der Waals surface area contributed by atoms with Gasteiger partial charge in [-0.25, -0.2) is 0 Å². The maximum Gasteiger partial charge on any atom is 0.220 e. The summed E-state index contributed by atoms with van der Waals surface area (Å²) >= 11 is 0. The molecule has 3 fully saturated rings. The number of nitrogens with one attached hydrogen (secondary N) is 1. The van der Waals surface area contributed by atoms with Gasteiger partial charge < -0.3 is 89.9 Å². The van der Waals surface area contributed by atoms with Crippen molar-refractivity contribution in [3.63, 3.8) is 0 Å². The molecule has 12 N–H and O–H groups in total. The third kappa shape index (κ3) is 28.3. The third-order valence-electron chi connectivity index (χ3n) is 16.7. The summed E-state index contributed by atoms with van der Waals surface area (Å²) in [4.78, 5) is 13.3. The maximum absolute atomic E-state index is 13.3. The number of hydrogen-bond donors (Lipinski definition) is 12. The summed E-state index contributed by atoms with van der Waals surface area (Å²) in [6.07, 6.45) is 17.6. The molecule has 0 aromatic carbocycles. The quantitative estimate of drug-likeness (QED) is 0.0280. The Morgan fingerprint density at radius 2 is 0.713 bits per heavy atom. The van der Waals surface area contributed by atoms with Crippen LogP contribution in [0.25, 0.3) is 0 Å². The largest absolute Gasteiger partial charge is 0.394 e. The van der Waals surface area contributed by atoms with Gasteiger partial charge in [0.05, 0.1) is 38.6 Å². The third-order valence-corrected chi connectivity index (χ3v) is 16.7. The molecule has 0 saturated carbocycles. The predicted octanol–water partition coefficient (Wildman–Crippen LogP) is 6.77. The molecule has 0 aromatic rings. The minimum atomic E-state index is -1.97. The first kappa shape index (κ1) is 73.0. The van der Waals surface area contributed by atoms with Crippen LogP contribution < -0.4 is 5.32 Å². The Morgan fingerprint density at radius 3 is 1.09 bits per heavy atom. The zero-order chi connectivity index (χ0) is 58.3. The van der Waals surface area contributed by atoms with Crippen molar-refractivity contribution >= 4 is 5.91 Å². The van der Waals surface area contributed by atoms with E-state index in [1.807, 2.05) is 0 Å². The topological polar surface area (TPSA) is 307 Å². The normalized spacial score (nSPS) is 29.9. The number of carbonyl (C=O) groups is 1. The second-order valence-electron chi connectivity index (χ2n) is 23.6. The molecule has 80 heavy (non-hydrogen) atoms. The number of unbranched alkanes of at least 4 members (excludes halogenated alkanes) is 33. The van der Waals surface area contributed by atoms with Crippen molar-refractivity contribution in [2.24, 2.45) is 0 Å². The highest BCUT2D eigenvalue weighted by molar-refractivity contribution is 5.76. The lowest BCUT2D eigenvalue weighted by Crippen LogP contribution is -2.66. The zero-order valence-electron chi connectivity index (χ0n) is 49.6. The fourth-order valence-corrected chi connectivity index (χ4v) is 11.4. The van der Waals surface area contributed by atoms with Gasteiger partial charge in [-0.05, 0) is 12.8 Å². The van der Waals surface area contributed by atoms with E-state index in [0.717, 1.165) is 44.9 Å². The lowest BCUT2D eigenvalue weighted by atomic mass is 9.96. The minimum absolute atomic E-state index is 0.240. The van der Waals surface area contributed by atoms with Gasteiger partial charge in [-0.15, -0.1) is 0 Å². The SMILES string of the molecule is CCCCCCCCCCCCCCCCCCCCCCCCCC(O)C(COC1OC(CO)C(OC2OC(CO)C(OC3OC(CO)C(O)C(O)C3O)C(O)C2O)C(O)C1O)NC(=O)CCCCCCCCCCCCCC. The molecule has 3 aliphatic heterocycles. The van der Waals surface area contributed by atoms with Crippen LogP contribution in [0.5, 0.6) is 0 Å². The van der Waals surface area contributed by atoms with E-state index in [-0.39, 0.29) is 18.9 Å². The molecule has 17 unspecified atom stereocenters. The van der Waals surface area contributed by atoms with Gasteiger partial charge in [0.15, 0.2) is 18.9 Å². The molecular weight excluding hydrogens is 1030 g/mol. The summed E-state index contributed by atoms with van der Waals surface area (Å²) < 4.78 is 34.3. The Labute approximate surface area is 481 Å². The molecule has 0 spiro atoms. The average Bonchev–Trinajstić information content (AvgIpc) is 3.56. The highest BCUT2D eigenvalue weighted by Gasteiger charge is 2.53. The zero-order valence-corrected chi connectivity index (χ0v) is 49.6. The van der Waals surface area contributed by atoms with Gasteiger partial charge >= 0.3 is 0 Å². The van der Waals surface area contributed by atoms with Crippen molar-refractivity contribution < 1.29 is 89.4 Å². The van der Waals surface area contributed by atoms with Gasteiger partial charge in [-0.3, -0.25) is 4.79 Å². The molecule has 0 aliphatic carbocycles. The molecule has 19 heteroatoms. The van der Waals surface area contributed by atoms with E-state index in [0.29, 0.717) is 12.8 Å². The van der Waals surface area contributed by atoms with Gasteiger partial charge in [0.2, 0.25) is 5.91 Å². The van der Waals surface area contributed by atoms with E-state index in [9.17, 15) is 61.0 Å². The van der Waals surface area contributed by atoms with Crippen LogP contribution in [-0.2, 0) is 33.2 Å². The van der Waals surface area contributed by atoms with E-state index < -0.39 is 124 Å². The first-order valence-electron chi connectivity index (χ1n) is 32.3. The Morgan fingerprint density at radius 1 is 0.400 bits per heavy atom. The molecule has 3 saturated heterocycles. The van der Waals surface area contributed by atoms with Crippen molar-refractivity contribution in [2.45, 2.75) is 356 Å². The van der Waals surface area contributed by atoms with Gasteiger partial charge in [0.25, 0.3) is 0 Å². The molecular formula is C61H117NO18. The Kier molecular flexibility index (Phi) is 41.2. The lowest BCUT2D eigenvalue weighted by Gasteiger charge is -2.48. The molecule has 19 nitrogen and oxygen atoms in total. The number of amides is 1. The monoisotopic (exact) mass is 1150 g/mol. The predicted molar refractivity (Wildman–Crippen MR) is 305 cm³/mol. The smallest absolute Gasteiger partial charge is 0.220 e. The molecule has 1 amide bonds. The number of aliphatic hydroxyl groups excluding tert-OH is 11. The van der Waals surface area contributed by atoms with E-state index in [1.54, 1.807) is 0 Å². The van der Waals surface area contributed by atoms with E-state index in [1.165, 1.54) is 173 Å². The Balaban J connectivity index is 1.44. The van der Waals surface area contributed by atoms with Crippen LogP contribution in [-0.4, -0.2) is 193 Å². The van der Waals surface area contributed by atoms with Crippen LogP contribution in [0.2, 0.25) is 0 Å². The van der Waals surface area contributed by atoms with Gasteiger partial charge in [-0.1, -0.05) is 232 Å². The standard InChI is InChI=1S/C61H117NO18/c1-3-5-7-9-11-13-15-17-18-19-20-21-22-23-24-25-26-27-28-30-32-34-36-38-45(66)44(62-49(67)39-37-35-33-31-29-16-14-12-10-8-6-4-2)43-75-59-55(73)52(70)57(47(41-64)77-59)80-61-56(74)53(71)58(48(42-65)78-61)79-60-54(72)51(69)50(68)46(40-63)76-60/h44-48,50-61,63-66,68-74H,3-43H2,1-2H3,(H,62,67). The van der Waals surface area contributed by atoms with Crippen molar-refractivity contribution in [2.75, 3.05) is 26.4 Å². The van der Waals surface area contributed by atoms with Gasteiger partial charge in [0, 0.05) is 6.42 Å². The second-order valence-corrected chi connectivity index (χ2v) is 23.6. The molecule has 0 aromatic heterocycles. The molecule has 0 bridgehead atoms. The minimum Gasteiger partial charge on any atom is -0.394 e. The summed E-state index contributed by atoms with van der Waals surface area (Å²) in [5.41, 5.74) is 0. The summed E-state index contributed by atoms with van der Waals surface area (Å²) in [5.74, 6) is -0.240. The van der Waals surface area contributed by atoms with E-state index >= 15 is 0 Å².